The number of hydrogen-bond acceptors (Lipinski definition) is 3. The Morgan fingerprint density at radius 1 is 1.14 bits per heavy atom. The lowest BCUT2D eigenvalue weighted by Crippen LogP contribution is -2.49. The molecule has 1 saturated heterocycles. The fraction of sp³-hybridized carbons (Fsp3) is 0.435. The van der Waals surface area contributed by atoms with Gasteiger partial charge in [0, 0.05) is 30.1 Å². The average molecular weight is 400 g/mol. The molecule has 2 aromatic carbocycles. The minimum atomic E-state index is -0.166. The number of nitrogens with zero attached hydrogens (tertiary/aromatic N) is 1. The summed E-state index contributed by atoms with van der Waals surface area (Å²) in [6.07, 6.45) is 3.16. The van der Waals surface area contributed by atoms with E-state index >= 15 is 0 Å². The minimum Gasteiger partial charge on any atom is -0.492 e. The molecule has 1 atom stereocenters. The van der Waals surface area contributed by atoms with Crippen molar-refractivity contribution in [2.24, 2.45) is 11.3 Å². The molecule has 148 valence electrons. The van der Waals surface area contributed by atoms with E-state index in [0.29, 0.717) is 19.7 Å². The van der Waals surface area contributed by atoms with Crippen LogP contribution in [0.25, 0.3) is 0 Å². The largest absolute Gasteiger partial charge is 0.492 e. The monoisotopic (exact) mass is 399 g/mol. The Labute approximate surface area is 171 Å². The zero-order valence-corrected chi connectivity index (χ0v) is 16.7. The summed E-state index contributed by atoms with van der Waals surface area (Å²) in [6.45, 7) is 1.95. The number of piperidine rings is 1. The quantitative estimate of drug-likeness (QED) is 0.852. The van der Waals surface area contributed by atoms with E-state index < -0.39 is 0 Å². The zero-order valence-electron chi connectivity index (χ0n) is 15.9. The van der Waals surface area contributed by atoms with Crippen molar-refractivity contribution in [2.45, 2.75) is 25.7 Å². The number of carbonyl (C=O) groups is 1. The molecule has 0 aliphatic carbocycles. The van der Waals surface area contributed by atoms with Gasteiger partial charge in [0.05, 0.1) is 5.92 Å². The van der Waals surface area contributed by atoms with Gasteiger partial charge in [-0.3, -0.25) is 4.79 Å². The Hall–Kier alpha value is -2.04. The molecule has 5 heteroatoms. The van der Waals surface area contributed by atoms with Gasteiger partial charge in [-0.15, -0.1) is 0 Å². The SMILES string of the molecule is O=C([C@H]1COc2ccccc2C1)N1CCC(CO)(Cc2ccc(Cl)cc2)CC1. The first kappa shape index (κ1) is 19.3. The molecule has 0 radical (unpaired) electrons. The van der Waals surface area contributed by atoms with Gasteiger partial charge in [0.2, 0.25) is 5.91 Å². The fourth-order valence-electron chi connectivity index (χ4n) is 4.37. The summed E-state index contributed by atoms with van der Waals surface area (Å²) in [6, 6.07) is 15.8. The molecule has 28 heavy (non-hydrogen) atoms. The Morgan fingerprint density at radius 2 is 1.86 bits per heavy atom. The van der Waals surface area contributed by atoms with Gasteiger partial charge in [-0.1, -0.05) is 41.9 Å². The Balaban J connectivity index is 1.37. The molecule has 0 unspecified atom stereocenters. The highest BCUT2D eigenvalue weighted by Crippen LogP contribution is 2.36. The van der Waals surface area contributed by atoms with Crippen molar-refractivity contribution in [1.29, 1.82) is 0 Å². The van der Waals surface area contributed by atoms with Crippen LogP contribution < -0.4 is 4.74 Å². The number of ether oxygens (including phenoxy) is 1. The van der Waals surface area contributed by atoms with Crippen LogP contribution in [0.1, 0.15) is 24.0 Å². The van der Waals surface area contributed by atoms with Crippen LogP contribution >= 0.6 is 11.6 Å². The predicted molar refractivity (Wildman–Crippen MR) is 110 cm³/mol. The molecule has 1 N–H and O–H groups in total. The van der Waals surface area contributed by atoms with Crippen LogP contribution in [0.4, 0.5) is 0 Å². The van der Waals surface area contributed by atoms with Gasteiger partial charge in [0.1, 0.15) is 12.4 Å². The van der Waals surface area contributed by atoms with Crippen molar-refractivity contribution < 1.29 is 14.6 Å². The molecule has 2 aliphatic rings. The molecule has 4 nitrogen and oxygen atoms in total. The first-order valence-electron chi connectivity index (χ1n) is 9.93. The first-order chi connectivity index (χ1) is 13.6. The van der Waals surface area contributed by atoms with E-state index in [1.54, 1.807) is 0 Å². The number of fused-ring (bicyclic) bond motifs is 1. The maximum atomic E-state index is 13.0. The van der Waals surface area contributed by atoms with Crippen LogP contribution in [-0.2, 0) is 17.6 Å². The number of carbonyl (C=O) groups excluding carboxylic acids is 1. The number of aliphatic hydroxyl groups excluding tert-OH is 1. The van der Waals surface area contributed by atoms with E-state index in [4.69, 9.17) is 16.3 Å². The summed E-state index contributed by atoms with van der Waals surface area (Å²) in [5.74, 6) is 0.952. The third-order valence-electron chi connectivity index (χ3n) is 6.19. The first-order valence-corrected chi connectivity index (χ1v) is 10.3. The molecule has 0 saturated carbocycles. The number of benzene rings is 2. The minimum absolute atomic E-state index is 0.118. The third-order valence-corrected chi connectivity index (χ3v) is 6.44. The molecule has 2 heterocycles. The van der Waals surface area contributed by atoms with Gasteiger partial charge >= 0.3 is 0 Å². The predicted octanol–water partition coefficient (Wildman–Crippen LogP) is 3.73. The summed E-state index contributed by atoms with van der Waals surface area (Å²) < 4.78 is 5.80. The molecule has 2 aliphatic heterocycles. The van der Waals surface area contributed by atoms with Crippen LogP contribution in [0.3, 0.4) is 0 Å². The molecular formula is C23H26ClNO3. The van der Waals surface area contributed by atoms with Crippen LogP contribution in [0, 0.1) is 11.3 Å². The standard InChI is InChI=1S/C23H26ClNO3/c24-20-7-5-17(6-8-20)14-23(16-26)9-11-25(12-10-23)22(27)19-13-18-3-1-2-4-21(18)28-15-19/h1-8,19,26H,9-16H2/t19-/m1/s1. The second-order valence-electron chi connectivity index (χ2n) is 8.11. The highest BCUT2D eigenvalue weighted by molar-refractivity contribution is 6.30. The van der Waals surface area contributed by atoms with Crippen LogP contribution in [0.15, 0.2) is 48.5 Å². The topological polar surface area (TPSA) is 49.8 Å². The number of likely N-dealkylation sites (tertiary alicyclic amines) is 1. The van der Waals surface area contributed by atoms with Crippen molar-refractivity contribution in [3.05, 3.63) is 64.7 Å². The zero-order chi connectivity index (χ0) is 19.6. The Kier molecular flexibility index (Phi) is 5.61. The molecule has 0 spiro atoms. The van der Waals surface area contributed by atoms with Gasteiger partial charge in [0.15, 0.2) is 0 Å². The average Bonchev–Trinajstić information content (AvgIpc) is 2.75. The number of halogens is 1. The number of amides is 1. The van der Waals surface area contributed by atoms with E-state index in [2.05, 4.69) is 0 Å². The second-order valence-corrected chi connectivity index (χ2v) is 8.54. The van der Waals surface area contributed by atoms with E-state index in [1.165, 1.54) is 5.56 Å². The van der Waals surface area contributed by atoms with Crippen LogP contribution in [0.2, 0.25) is 5.02 Å². The smallest absolute Gasteiger partial charge is 0.229 e. The number of hydrogen-bond donors (Lipinski definition) is 1. The molecular weight excluding hydrogens is 374 g/mol. The molecule has 0 bridgehead atoms. The third kappa shape index (κ3) is 4.03. The van der Waals surface area contributed by atoms with Crippen LogP contribution in [0.5, 0.6) is 5.75 Å². The van der Waals surface area contributed by atoms with Crippen molar-refractivity contribution in [1.82, 2.24) is 4.90 Å². The van der Waals surface area contributed by atoms with E-state index in [-0.39, 0.29) is 23.8 Å². The lowest BCUT2D eigenvalue weighted by Gasteiger charge is -2.42. The Bertz CT molecular complexity index is 828. The van der Waals surface area contributed by atoms with Gasteiger partial charge in [-0.2, -0.15) is 0 Å². The lowest BCUT2D eigenvalue weighted by atomic mass is 9.74. The van der Waals surface area contributed by atoms with Crippen molar-refractivity contribution in [3.8, 4) is 5.75 Å². The molecule has 2 aromatic rings. The van der Waals surface area contributed by atoms with E-state index in [0.717, 1.165) is 42.0 Å². The summed E-state index contributed by atoms with van der Waals surface area (Å²) in [5.41, 5.74) is 2.12. The highest BCUT2D eigenvalue weighted by Gasteiger charge is 2.38. The van der Waals surface area contributed by atoms with E-state index in [1.807, 2.05) is 53.4 Å². The number of aliphatic hydroxyl groups is 1. The van der Waals surface area contributed by atoms with Gasteiger partial charge in [-0.25, -0.2) is 0 Å². The van der Waals surface area contributed by atoms with Gasteiger partial charge < -0.3 is 14.7 Å². The number of rotatable bonds is 4. The molecule has 1 amide bonds. The normalized spacial score (nSPS) is 20.9. The highest BCUT2D eigenvalue weighted by atomic mass is 35.5. The molecule has 1 fully saturated rings. The molecule has 4 rings (SSSR count). The Morgan fingerprint density at radius 3 is 2.57 bits per heavy atom. The number of para-hydroxylation sites is 1. The van der Waals surface area contributed by atoms with Gasteiger partial charge in [0.25, 0.3) is 0 Å². The van der Waals surface area contributed by atoms with Crippen molar-refractivity contribution in [2.75, 3.05) is 26.3 Å². The van der Waals surface area contributed by atoms with E-state index in [9.17, 15) is 9.90 Å². The summed E-state index contributed by atoms with van der Waals surface area (Å²) >= 11 is 5.98. The van der Waals surface area contributed by atoms with Crippen molar-refractivity contribution >= 4 is 17.5 Å². The fourth-order valence-corrected chi connectivity index (χ4v) is 4.50. The summed E-state index contributed by atoms with van der Waals surface area (Å²) in [7, 11) is 0. The van der Waals surface area contributed by atoms with Crippen molar-refractivity contribution in [3.63, 3.8) is 0 Å². The summed E-state index contributed by atoms with van der Waals surface area (Å²) in [5, 5.41) is 10.8. The van der Waals surface area contributed by atoms with Crippen LogP contribution in [-0.4, -0.2) is 42.2 Å². The lowest BCUT2D eigenvalue weighted by molar-refractivity contribution is -0.139. The maximum absolute atomic E-state index is 13.0. The summed E-state index contributed by atoms with van der Waals surface area (Å²) in [4.78, 5) is 15.0. The molecule has 0 aromatic heterocycles. The second kappa shape index (κ2) is 8.14. The van der Waals surface area contributed by atoms with Gasteiger partial charge in [-0.05, 0) is 55.0 Å². The maximum Gasteiger partial charge on any atom is 0.229 e.